The number of anilines is 1. The molecule has 0 unspecified atom stereocenters. The number of nitrogens with one attached hydrogen (secondary N) is 2. The lowest BCUT2D eigenvalue weighted by atomic mass is 10.2. The van der Waals surface area contributed by atoms with E-state index in [2.05, 4.69) is 15.6 Å². The van der Waals surface area contributed by atoms with Crippen LogP contribution in [-0.2, 0) is 13.1 Å². The predicted octanol–water partition coefficient (Wildman–Crippen LogP) is 3.90. The Morgan fingerprint density at radius 1 is 0.846 bits per heavy atom. The van der Waals surface area contributed by atoms with E-state index in [1.165, 1.54) is 18.3 Å². The Balaban J connectivity index is 1.56. The second-order valence-electron chi connectivity index (χ2n) is 5.65. The Bertz CT molecular complexity index is 898. The lowest BCUT2D eigenvalue weighted by Crippen LogP contribution is -2.24. The van der Waals surface area contributed by atoms with Gasteiger partial charge in [0.1, 0.15) is 17.3 Å². The fourth-order valence-corrected chi connectivity index (χ4v) is 2.38. The third-order valence-electron chi connectivity index (χ3n) is 3.83. The zero-order chi connectivity index (χ0) is 18.4. The molecular formula is C20H17F2N3O. The molecule has 0 bridgehead atoms. The molecule has 132 valence electrons. The number of pyridine rings is 1. The van der Waals surface area contributed by atoms with Crippen molar-refractivity contribution in [1.29, 1.82) is 0 Å². The predicted molar refractivity (Wildman–Crippen MR) is 95.5 cm³/mol. The molecule has 0 aliphatic heterocycles. The molecule has 6 heteroatoms. The van der Waals surface area contributed by atoms with Crippen molar-refractivity contribution < 1.29 is 13.6 Å². The summed E-state index contributed by atoms with van der Waals surface area (Å²) in [5.74, 6) is -1.04. The molecule has 3 rings (SSSR count). The van der Waals surface area contributed by atoms with E-state index in [4.69, 9.17) is 0 Å². The molecule has 2 aromatic carbocycles. The molecule has 26 heavy (non-hydrogen) atoms. The van der Waals surface area contributed by atoms with Crippen molar-refractivity contribution in [2.24, 2.45) is 0 Å². The summed E-state index contributed by atoms with van der Waals surface area (Å²) in [5.41, 5.74) is 1.83. The fraction of sp³-hybridized carbons (Fsp3) is 0.100. The number of hydrogen-bond donors (Lipinski definition) is 2. The molecule has 1 heterocycles. The number of aromatic nitrogens is 1. The number of hydrogen-bond acceptors (Lipinski definition) is 3. The Kier molecular flexibility index (Phi) is 5.53. The van der Waals surface area contributed by atoms with Crippen molar-refractivity contribution in [2.45, 2.75) is 13.1 Å². The molecule has 0 atom stereocenters. The summed E-state index contributed by atoms with van der Waals surface area (Å²) in [6.45, 7) is 0.396. The molecule has 0 spiro atoms. The van der Waals surface area contributed by atoms with Gasteiger partial charge in [-0.25, -0.2) is 13.8 Å². The number of halogens is 2. The number of rotatable bonds is 6. The Labute approximate surface area is 149 Å². The van der Waals surface area contributed by atoms with Crippen molar-refractivity contribution in [2.75, 3.05) is 5.32 Å². The van der Waals surface area contributed by atoms with E-state index in [1.54, 1.807) is 48.5 Å². The van der Waals surface area contributed by atoms with E-state index in [0.717, 1.165) is 0 Å². The lowest BCUT2D eigenvalue weighted by molar-refractivity contribution is 0.0945. The highest BCUT2D eigenvalue weighted by Gasteiger charge is 2.09. The quantitative estimate of drug-likeness (QED) is 0.707. The van der Waals surface area contributed by atoms with Crippen LogP contribution in [0, 0.1) is 11.6 Å². The van der Waals surface area contributed by atoms with Gasteiger partial charge in [0, 0.05) is 24.2 Å². The van der Waals surface area contributed by atoms with Gasteiger partial charge < -0.3 is 10.6 Å². The maximum absolute atomic E-state index is 13.6. The maximum Gasteiger partial charge on any atom is 0.270 e. The third-order valence-corrected chi connectivity index (χ3v) is 3.83. The molecule has 2 N–H and O–H groups in total. The second-order valence-corrected chi connectivity index (χ2v) is 5.65. The molecule has 1 aromatic heterocycles. The van der Waals surface area contributed by atoms with Gasteiger partial charge in [-0.15, -0.1) is 0 Å². The average molecular weight is 353 g/mol. The largest absolute Gasteiger partial charge is 0.380 e. The van der Waals surface area contributed by atoms with E-state index in [0.29, 0.717) is 23.4 Å². The summed E-state index contributed by atoms with van der Waals surface area (Å²) in [6, 6.07) is 16.0. The molecule has 0 aliphatic rings. The normalized spacial score (nSPS) is 10.4. The molecule has 4 nitrogen and oxygen atoms in total. The molecule has 1 amide bonds. The Morgan fingerprint density at radius 2 is 1.46 bits per heavy atom. The third kappa shape index (κ3) is 4.42. The summed E-state index contributed by atoms with van der Waals surface area (Å²) in [4.78, 5) is 16.2. The van der Waals surface area contributed by atoms with Gasteiger partial charge in [-0.2, -0.15) is 0 Å². The molecule has 0 saturated heterocycles. The van der Waals surface area contributed by atoms with Crippen LogP contribution in [0.15, 0.2) is 66.9 Å². The van der Waals surface area contributed by atoms with E-state index in [9.17, 15) is 13.6 Å². The fourth-order valence-electron chi connectivity index (χ4n) is 2.38. The van der Waals surface area contributed by atoms with Gasteiger partial charge in [-0.05, 0) is 24.3 Å². The van der Waals surface area contributed by atoms with Gasteiger partial charge in [0.15, 0.2) is 0 Å². The van der Waals surface area contributed by atoms with Gasteiger partial charge in [-0.3, -0.25) is 4.79 Å². The summed E-state index contributed by atoms with van der Waals surface area (Å²) in [5, 5.41) is 5.68. The monoisotopic (exact) mass is 353 g/mol. The van der Waals surface area contributed by atoms with Gasteiger partial charge in [0.25, 0.3) is 5.91 Å². The van der Waals surface area contributed by atoms with Gasteiger partial charge in [-0.1, -0.05) is 36.4 Å². The van der Waals surface area contributed by atoms with Crippen LogP contribution in [0.2, 0.25) is 0 Å². The van der Waals surface area contributed by atoms with Crippen LogP contribution in [0.3, 0.4) is 0 Å². The smallest absolute Gasteiger partial charge is 0.270 e. The summed E-state index contributed by atoms with van der Waals surface area (Å²) in [7, 11) is 0. The van der Waals surface area contributed by atoms with Crippen molar-refractivity contribution in [3.63, 3.8) is 0 Å². The average Bonchev–Trinajstić information content (AvgIpc) is 2.67. The highest BCUT2D eigenvalue weighted by molar-refractivity contribution is 5.92. The van der Waals surface area contributed by atoms with Gasteiger partial charge >= 0.3 is 0 Å². The molecule has 0 aliphatic carbocycles. The SMILES string of the molecule is O=C(NCc1ccccc1F)c1ccc(NCc2ccccc2F)cn1. The van der Waals surface area contributed by atoms with Crippen LogP contribution in [0.1, 0.15) is 21.6 Å². The first-order valence-electron chi connectivity index (χ1n) is 8.08. The first-order chi connectivity index (χ1) is 12.6. The topological polar surface area (TPSA) is 54.0 Å². The highest BCUT2D eigenvalue weighted by Crippen LogP contribution is 2.12. The molecule has 0 radical (unpaired) electrons. The molecule has 0 saturated carbocycles. The van der Waals surface area contributed by atoms with Crippen molar-refractivity contribution in [3.05, 3.63) is 95.3 Å². The maximum atomic E-state index is 13.6. The minimum atomic E-state index is -0.395. The first kappa shape index (κ1) is 17.5. The first-order valence-corrected chi connectivity index (χ1v) is 8.08. The summed E-state index contributed by atoms with van der Waals surface area (Å²) >= 11 is 0. The van der Waals surface area contributed by atoms with Crippen molar-refractivity contribution >= 4 is 11.6 Å². The highest BCUT2D eigenvalue weighted by atomic mass is 19.1. The van der Waals surface area contributed by atoms with Gasteiger partial charge in [0.05, 0.1) is 11.9 Å². The second kappa shape index (κ2) is 8.20. The Morgan fingerprint density at radius 3 is 2.04 bits per heavy atom. The number of carbonyl (C=O) groups is 1. The summed E-state index contributed by atoms with van der Waals surface area (Å²) < 4.78 is 27.1. The number of amides is 1. The Hall–Kier alpha value is -3.28. The van der Waals surface area contributed by atoms with Crippen LogP contribution >= 0.6 is 0 Å². The lowest BCUT2D eigenvalue weighted by Gasteiger charge is -2.09. The van der Waals surface area contributed by atoms with E-state index >= 15 is 0 Å². The van der Waals surface area contributed by atoms with E-state index in [-0.39, 0.29) is 23.9 Å². The number of nitrogens with zero attached hydrogens (tertiary/aromatic N) is 1. The number of carbonyl (C=O) groups excluding carboxylic acids is 1. The van der Waals surface area contributed by atoms with Gasteiger partial charge in [0.2, 0.25) is 0 Å². The zero-order valence-electron chi connectivity index (χ0n) is 13.9. The molecule has 3 aromatic rings. The summed E-state index contributed by atoms with van der Waals surface area (Å²) in [6.07, 6.45) is 1.50. The van der Waals surface area contributed by atoms with Crippen molar-refractivity contribution in [1.82, 2.24) is 10.3 Å². The van der Waals surface area contributed by atoms with Crippen LogP contribution in [0.25, 0.3) is 0 Å². The van der Waals surface area contributed by atoms with Crippen LogP contribution < -0.4 is 10.6 Å². The molecular weight excluding hydrogens is 336 g/mol. The van der Waals surface area contributed by atoms with Crippen LogP contribution in [-0.4, -0.2) is 10.9 Å². The van der Waals surface area contributed by atoms with Crippen molar-refractivity contribution in [3.8, 4) is 0 Å². The standard InChI is InChI=1S/C20H17F2N3O/c21-17-7-3-1-5-14(17)11-23-16-9-10-19(24-13-16)20(26)25-12-15-6-2-4-8-18(15)22/h1-10,13,23H,11-12H2,(H,25,26). The minimum absolute atomic E-state index is 0.0838. The minimum Gasteiger partial charge on any atom is -0.380 e. The number of benzene rings is 2. The molecule has 0 fully saturated rings. The van der Waals surface area contributed by atoms with Crippen LogP contribution in [0.4, 0.5) is 14.5 Å². The van der Waals surface area contributed by atoms with E-state index in [1.807, 2.05) is 0 Å². The van der Waals surface area contributed by atoms with Crippen LogP contribution in [0.5, 0.6) is 0 Å². The zero-order valence-corrected chi connectivity index (χ0v) is 13.9. The van der Waals surface area contributed by atoms with E-state index < -0.39 is 5.91 Å².